The van der Waals surface area contributed by atoms with Crippen molar-refractivity contribution < 1.29 is 86.5 Å². The Hall–Kier alpha value is -0.880. The van der Waals surface area contributed by atoms with Crippen LogP contribution < -0.4 is 21.3 Å². The Bertz CT molecular complexity index is 2130. The van der Waals surface area contributed by atoms with Gasteiger partial charge in [0.25, 0.3) is 0 Å². The Morgan fingerprint density at radius 3 is 0.922 bits per heavy atom. The number of unbranched alkanes of at least 4 members (excludes halogenated alkanes) is 4. The molecule has 10 N–H and O–H groups in total. The summed E-state index contributed by atoms with van der Waals surface area (Å²) in [4.78, 5) is 0. The zero-order chi connectivity index (χ0) is 69.9. The van der Waals surface area contributed by atoms with Gasteiger partial charge in [-0.05, 0) is 181 Å². The van der Waals surface area contributed by atoms with Gasteiger partial charge in [0.2, 0.25) is 0 Å². The molecule has 0 spiro atoms. The largest absolute Gasteiger partial charge is 0.384 e. The topological polar surface area (TPSA) is 243 Å². The summed E-state index contributed by atoms with van der Waals surface area (Å²) >= 11 is 0. The van der Waals surface area contributed by atoms with Crippen molar-refractivity contribution in [1.29, 1.82) is 0 Å². The first-order valence-electron chi connectivity index (χ1n) is 33.9. The van der Waals surface area contributed by atoms with E-state index in [9.17, 15) is 30.6 Å². The second kappa shape index (κ2) is 31.8. The maximum absolute atomic E-state index is 12.8. The molecule has 0 saturated carbocycles. The summed E-state index contributed by atoms with van der Waals surface area (Å²) in [6.07, 6.45) is 8.57. The van der Waals surface area contributed by atoms with Crippen molar-refractivity contribution >= 4 is 0 Å². The van der Waals surface area contributed by atoms with Crippen molar-refractivity contribution in [2.45, 2.75) is 240 Å². The molecule has 14 atom stereocenters. The van der Waals surface area contributed by atoms with E-state index in [-0.39, 0.29) is 46.1 Å². The van der Waals surface area contributed by atoms with Crippen molar-refractivity contribution in [3.05, 3.63) is 0 Å². The lowest BCUT2D eigenvalue weighted by molar-refractivity contribution is -0.870. The molecule has 0 amide bonds. The predicted molar refractivity (Wildman–Crippen MR) is 360 cm³/mol. The fourth-order valence-electron chi connectivity index (χ4n) is 12.7. The summed E-state index contributed by atoms with van der Waals surface area (Å²) < 4.78 is 58.0. The molecular formula is C68H146N8O14+4. The van der Waals surface area contributed by atoms with Crippen molar-refractivity contribution in [1.82, 2.24) is 21.3 Å². The number of quaternary nitrogens is 4. The number of rotatable bonds is 45. The lowest BCUT2D eigenvalue weighted by atomic mass is 9.58. The molecule has 2 rings (SSSR count). The van der Waals surface area contributed by atoms with Gasteiger partial charge in [-0.25, -0.2) is 0 Å². The lowest BCUT2D eigenvalue weighted by Crippen LogP contribution is -2.85. The number of methoxy groups -OCH3 is 1. The van der Waals surface area contributed by atoms with Crippen LogP contribution in [0.4, 0.5) is 0 Å². The lowest BCUT2D eigenvalue weighted by Gasteiger charge is -2.66. The minimum absolute atomic E-state index is 0.0805. The SMILES string of the molecule is CCC(C)(CNCCCC[N+](C)(C)C)OC(C)(CNCCCC[N+](C)(C)C)OCC1(C)OC(C)(COCC(C)(CNCCCC[N+](C)(C)C)OC(C)(CNCCCC[N+](C)(C)C)OCC2(C)OC(C)(COC)C(C)(O)C(C)(O)C2(C)O)C(C)(O)C(C)(O)C1(C)O. The molecule has 2 aliphatic rings. The highest BCUT2D eigenvalue weighted by atomic mass is 16.7. The summed E-state index contributed by atoms with van der Waals surface area (Å²) in [7, 11) is 27.7. The quantitative estimate of drug-likeness (QED) is 0.0236. The van der Waals surface area contributed by atoms with E-state index >= 15 is 0 Å². The van der Waals surface area contributed by atoms with Gasteiger partial charge < -0.3 is 108 Å². The van der Waals surface area contributed by atoms with Gasteiger partial charge >= 0.3 is 0 Å². The van der Waals surface area contributed by atoms with Gasteiger partial charge in [-0.2, -0.15) is 0 Å². The highest BCUT2D eigenvalue weighted by molar-refractivity contribution is 5.25. The van der Waals surface area contributed by atoms with E-state index in [2.05, 4.69) is 120 Å². The van der Waals surface area contributed by atoms with Crippen LogP contribution in [-0.2, 0) is 37.9 Å². The predicted octanol–water partition coefficient (Wildman–Crippen LogP) is 3.98. The molecule has 14 unspecified atom stereocenters. The normalized spacial score (nSPS) is 34.2. The number of hydrogen-bond donors (Lipinski definition) is 10. The Morgan fingerprint density at radius 1 is 0.367 bits per heavy atom. The molecule has 0 bridgehead atoms. The summed E-state index contributed by atoms with van der Waals surface area (Å²) in [5, 5.41) is 89.4. The fourth-order valence-corrected chi connectivity index (χ4v) is 12.7. The van der Waals surface area contributed by atoms with E-state index in [1.54, 1.807) is 27.7 Å². The van der Waals surface area contributed by atoms with E-state index in [1.165, 1.54) is 48.7 Å². The molecule has 2 heterocycles. The van der Waals surface area contributed by atoms with Crippen LogP contribution in [0.1, 0.15) is 162 Å². The third kappa shape index (κ3) is 22.9. The molecule has 22 nitrogen and oxygen atoms in total. The molecule has 2 saturated heterocycles. The number of hydrogen-bond acceptors (Lipinski definition) is 18. The summed E-state index contributed by atoms with van der Waals surface area (Å²) in [5.41, 5.74) is -21.0. The Balaban J connectivity index is 2.69. The third-order valence-corrected chi connectivity index (χ3v) is 20.6. The Labute approximate surface area is 549 Å². The van der Waals surface area contributed by atoms with Crippen LogP contribution in [-0.4, -0.2) is 331 Å². The molecular weight excluding hydrogens is 1150 g/mol. The van der Waals surface area contributed by atoms with Crippen LogP contribution in [0.25, 0.3) is 0 Å². The van der Waals surface area contributed by atoms with Gasteiger partial charge in [-0.15, -0.1) is 0 Å². The number of nitrogens with one attached hydrogen (secondary N) is 4. The van der Waals surface area contributed by atoms with Crippen LogP contribution in [0, 0.1) is 0 Å². The third-order valence-electron chi connectivity index (χ3n) is 20.6. The summed E-state index contributed by atoms with van der Waals surface area (Å²) in [5.74, 6) is -2.71. The van der Waals surface area contributed by atoms with Crippen molar-refractivity contribution in [2.75, 3.05) is 203 Å². The molecule has 0 radical (unpaired) electrons. The van der Waals surface area contributed by atoms with E-state index in [0.717, 1.165) is 109 Å². The maximum atomic E-state index is 12.8. The summed E-state index contributed by atoms with van der Waals surface area (Å²) in [6.45, 7) is 32.6. The molecule has 538 valence electrons. The van der Waals surface area contributed by atoms with Gasteiger partial charge in [-0.3, -0.25) is 0 Å². The van der Waals surface area contributed by atoms with Crippen LogP contribution in [0.3, 0.4) is 0 Å². The first-order chi connectivity index (χ1) is 40.4. The molecule has 0 aromatic rings. The highest BCUT2D eigenvalue weighted by Gasteiger charge is 2.75. The zero-order valence-corrected chi connectivity index (χ0v) is 63.1. The van der Waals surface area contributed by atoms with Crippen LogP contribution in [0.15, 0.2) is 0 Å². The van der Waals surface area contributed by atoms with Crippen LogP contribution >= 0.6 is 0 Å². The van der Waals surface area contributed by atoms with Gasteiger partial charge in [0, 0.05) is 33.3 Å². The van der Waals surface area contributed by atoms with Gasteiger partial charge in [0.1, 0.15) is 61.6 Å². The van der Waals surface area contributed by atoms with E-state index in [1.807, 2.05) is 20.8 Å². The first-order valence-corrected chi connectivity index (χ1v) is 33.9. The number of nitrogens with zero attached hydrogens (tertiary/aromatic N) is 4. The van der Waals surface area contributed by atoms with Crippen LogP contribution in [0.5, 0.6) is 0 Å². The summed E-state index contributed by atoms with van der Waals surface area (Å²) in [6, 6.07) is 0. The van der Waals surface area contributed by atoms with Crippen molar-refractivity contribution in [3.8, 4) is 0 Å². The second-order valence-corrected chi connectivity index (χ2v) is 34.4. The number of ether oxygens (including phenoxy) is 8. The highest BCUT2D eigenvalue weighted by Crippen LogP contribution is 2.55. The molecule has 2 aliphatic heterocycles. The molecule has 22 heteroatoms. The minimum atomic E-state index is -2.21. The Morgan fingerprint density at radius 2 is 0.633 bits per heavy atom. The standard InChI is InChI=1S/C68H146N8O14/c1-29-55(2,46-69-38-30-34-42-73(16,17)18)87-61(8,48-71-40-32-36-44-75(22,23)24)85-54-60(7)66(13,80)68(15,82)64(11,78)58(5,90-60)52-84-50-56(3,47-70-39-31-35-43-74(19,20)21)88-62(9,49-72-41-33-37-45-76(25,26)27)86-53-59(6)65(12,79)67(14,81)63(10,77)57(4,89-59)51-83-28/h69-72,77-82H,29-54H2,1-28H3/q+4. The second-order valence-electron chi connectivity index (χ2n) is 34.4. The fraction of sp³-hybridized carbons (Fsp3) is 1.00. The van der Waals surface area contributed by atoms with E-state index in [4.69, 9.17) is 37.9 Å². The van der Waals surface area contributed by atoms with E-state index in [0.29, 0.717) is 32.6 Å². The Kier molecular flexibility index (Phi) is 30.1. The molecule has 0 aromatic carbocycles. The number of aliphatic hydroxyl groups is 6. The molecule has 2 fully saturated rings. The average Bonchev–Trinajstić information content (AvgIpc) is 0.699. The van der Waals surface area contributed by atoms with Gasteiger partial charge in [0.15, 0.2) is 11.6 Å². The maximum Gasteiger partial charge on any atom is 0.178 e. The molecule has 90 heavy (non-hydrogen) atoms. The average molecular weight is 1300 g/mol. The first kappa shape index (κ1) is 85.2. The monoisotopic (exact) mass is 1300 g/mol. The molecule has 0 aromatic heterocycles. The van der Waals surface area contributed by atoms with Crippen molar-refractivity contribution in [3.63, 3.8) is 0 Å². The minimum Gasteiger partial charge on any atom is -0.384 e. The zero-order valence-electron chi connectivity index (χ0n) is 63.1. The van der Waals surface area contributed by atoms with Crippen LogP contribution in [0.2, 0.25) is 0 Å². The van der Waals surface area contributed by atoms with Gasteiger partial charge in [-0.1, -0.05) is 6.92 Å². The van der Waals surface area contributed by atoms with Gasteiger partial charge in [0.05, 0.1) is 149 Å². The smallest absolute Gasteiger partial charge is 0.178 e. The molecule has 0 aliphatic carbocycles. The van der Waals surface area contributed by atoms with Crippen molar-refractivity contribution in [2.24, 2.45) is 0 Å². The van der Waals surface area contributed by atoms with E-state index < -0.39 is 78.8 Å².